The molecule has 1 heterocycles. The van der Waals surface area contributed by atoms with Gasteiger partial charge < -0.3 is 9.16 Å². The molecular formula is C13H28O5SSi. The Morgan fingerprint density at radius 3 is 2.25 bits per heavy atom. The quantitative estimate of drug-likeness (QED) is 0.574. The fourth-order valence-electron chi connectivity index (χ4n) is 1.75. The molecule has 20 heavy (non-hydrogen) atoms. The predicted octanol–water partition coefficient (Wildman–Crippen LogP) is 2.53. The van der Waals surface area contributed by atoms with E-state index in [0.717, 1.165) is 12.7 Å². The zero-order chi connectivity index (χ0) is 15.6. The van der Waals surface area contributed by atoms with E-state index in [9.17, 15) is 8.42 Å². The van der Waals surface area contributed by atoms with Crippen molar-refractivity contribution in [2.75, 3.05) is 19.5 Å². The van der Waals surface area contributed by atoms with E-state index < -0.39 is 18.4 Å². The maximum atomic E-state index is 11.1. The summed E-state index contributed by atoms with van der Waals surface area (Å²) in [4.78, 5) is 0. The van der Waals surface area contributed by atoms with Crippen LogP contribution in [0.15, 0.2) is 0 Å². The van der Waals surface area contributed by atoms with E-state index in [2.05, 4.69) is 33.9 Å². The molecule has 1 aliphatic rings. The molecule has 0 unspecified atom stereocenters. The van der Waals surface area contributed by atoms with Gasteiger partial charge in [-0.2, -0.15) is 8.42 Å². The van der Waals surface area contributed by atoms with Crippen molar-refractivity contribution in [1.82, 2.24) is 0 Å². The molecule has 1 saturated heterocycles. The Morgan fingerprint density at radius 1 is 1.25 bits per heavy atom. The SMILES string of the molecule is CC(C)(C)[Si](C)(C)OC[C@@H]1CC[C@@H](OS(C)(=O)=O)CO1. The van der Waals surface area contributed by atoms with Gasteiger partial charge in [-0.05, 0) is 31.0 Å². The van der Waals surface area contributed by atoms with Gasteiger partial charge in [0.15, 0.2) is 8.32 Å². The van der Waals surface area contributed by atoms with Crippen molar-refractivity contribution in [1.29, 1.82) is 0 Å². The molecule has 120 valence electrons. The Kier molecular flexibility index (Phi) is 5.82. The first-order valence-electron chi connectivity index (χ1n) is 7.04. The molecule has 0 aromatic rings. The van der Waals surface area contributed by atoms with E-state index in [-0.39, 0.29) is 17.2 Å². The molecule has 7 heteroatoms. The number of hydrogen-bond donors (Lipinski definition) is 0. The van der Waals surface area contributed by atoms with Gasteiger partial charge in [-0.15, -0.1) is 0 Å². The van der Waals surface area contributed by atoms with E-state index in [1.165, 1.54) is 0 Å². The van der Waals surface area contributed by atoms with Crippen LogP contribution >= 0.6 is 0 Å². The van der Waals surface area contributed by atoms with Crippen molar-refractivity contribution in [3.05, 3.63) is 0 Å². The third-order valence-electron chi connectivity index (χ3n) is 4.08. The van der Waals surface area contributed by atoms with Crippen molar-refractivity contribution in [2.24, 2.45) is 0 Å². The first-order valence-corrected chi connectivity index (χ1v) is 11.8. The first kappa shape index (κ1) is 18.1. The average Bonchev–Trinajstić information content (AvgIpc) is 2.24. The third kappa shape index (κ3) is 5.81. The molecule has 2 atom stereocenters. The Balaban J connectivity index is 2.37. The van der Waals surface area contributed by atoms with Crippen molar-refractivity contribution < 1.29 is 21.8 Å². The van der Waals surface area contributed by atoms with Crippen LogP contribution < -0.4 is 0 Å². The lowest BCUT2D eigenvalue weighted by molar-refractivity contribution is -0.0615. The van der Waals surface area contributed by atoms with E-state index in [4.69, 9.17) is 13.3 Å². The molecule has 0 aromatic carbocycles. The van der Waals surface area contributed by atoms with Crippen molar-refractivity contribution in [3.63, 3.8) is 0 Å². The Bertz CT molecular complexity index is 405. The minimum Gasteiger partial charge on any atom is -0.414 e. The normalized spacial score (nSPS) is 25.7. The standard InChI is InChI=1S/C13H28O5SSi/c1-13(2,3)20(5,6)17-10-11-7-8-12(9-16-11)18-19(4,14)15/h11-12H,7-10H2,1-6H3/t11-,12+/m0/s1. The van der Waals surface area contributed by atoms with Crippen LogP contribution in [0.25, 0.3) is 0 Å². The number of rotatable bonds is 5. The summed E-state index contributed by atoms with van der Waals surface area (Å²) in [5.41, 5.74) is 0. The van der Waals surface area contributed by atoms with Gasteiger partial charge in [0.05, 0.1) is 25.6 Å². The molecule has 0 aromatic heterocycles. The lowest BCUT2D eigenvalue weighted by Gasteiger charge is -2.38. The minimum atomic E-state index is -3.40. The lowest BCUT2D eigenvalue weighted by atomic mass is 10.1. The Morgan fingerprint density at radius 2 is 1.85 bits per heavy atom. The minimum absolute atomic E-state index is 0.0449. The molecule has 0 saturated carbocycles. The summed E-state index contributed by atoms with van der Waals surface area (Å²) in [6.07, 6.45) is 2.23. The lowest BCUT2D eigenvalue weighted by Crippen LogP contribution is -2.44. The second-order valence-corrected chi connectivity index (χ2v) is 13.4. The van der Waals surface area contributed by atoms with Gasteiger partial charge in [-0.3, -0.25) is 4.18 Å². The average molecular weight is 325 g/mol. The zero-order valence-corrected chi connectivity index (χ0v) is 15.2. The molecule has 1 aliphatic heterocycles. The molecule has 0 radical (unpaired) electrons. The smallest absolute Gasteiger partial charge is 0.264 e. The summed E-state index contributed by atoms with van der Waals surface area (Å²) in [7, 11) is -5.15. The Labute approximate surface area is 124 Å². The second-order valence-electron chi connectivity index (χ2n) is 7.03. The van der Waals surface area contributed by atoms with Crippen LogP contribution in [0.1, 0.15) is 33.6 Å². The van der Waals surface area contributed by atoms with Gasteiger partial charge in [0, 0.05) is 0 Å². The largest absolute Gasteiger partial charge is 0.414 e. The molecule has 0 amide bonds. The Hall–Kier alpha value is 0.0469. The molecule has 0 spiro atoms. The summed E-state index contributed by atoms with van der Waals surface area (Å²) in [6, 6.07) is 0. The maximum absolute atomic E-state index is 11.1. The predicted molar refractivity (Wildman–Crippen MR) is 81.8 cm³/mol. The molecule has 0 N–H and O–H groups in total. The summed E-state index contributed by atoms with van der Waals surface area (Å²) >= 11 is 0. The van der Waals surface area contributed by atoms with Crippen molar-refractivity contribution in [2.45, 2.75) is 64.0 Å². The van der Waals surface area contributed by atoms with E-state index in [1.807, 2.05) is 0 Å². The highest BCUT2D eigenvalue weighted by Crippen LogP contribution is 2.36. The zero-order valence-electron chi connectivity index (χ0n) is 13.4. The summed E-state index contributed by atoms with van der Waals surface area (Å²) in [6.45, 7) is 11.9. The fraction of sp³-hybridized carbons (Fsp3) is 1.00. The maximum Gasteiger partial charge on any atom is 0.264 e. The van der Waals surface area contributed by atoms with Crippen LogP contribution in [-0.2, 0) is 23.5 Å². The topological polar surface area (TPSA) is 61.8 Å². The second kappa shape index (κ2) is 6.44. The van der Waals surface area contributed by atoms with Crippen molar-refractivity contribution in [3.8, 4) is 0 Å². The third-order valence-corrected chi connectivity index (χ3v) is 9.20. The van der Waals surface area contributed by atoms with Gasteiger partial charge in [0.25, 0.3) is 10.1 Å². The van der Waals surface area contributed by atoms with Gasteiger partial charge in [0.1, 0.15) is 6.10 Å². The summed E-state index contributed by atoms with van der Waals surface area (Å²) in [5.74, 6) is 0. The van der Waals surface area contributed by atoms with Gasteiger partial charge in [0.2, 0.25) is 0 Å². The molecule has 5 nitrogen and oxygen atoms in total. The van der Waals surface area contributed by atoms with Crippen molar-refractivity contribution >= 4 is 18.4 Å². The summed E-state index contributed by atoms with van der Waals surface area (Å²) < 4.78 is 38.8. The van der Waals surface area contributed by atoms with Crippen LogP contribution in [0.4, 0.5) is 0 Å². The molecule has 1 fully saturated rings. The van der Waals surface area contributed by atoms with E-state index in [0.29, 0.717) is 19.6 Å². The van der Waals surface area contributed by atoms with Crippen LogP contribution in [0.5, 0.6) is 0 Å². The van der Waals surface area contributed by atoms with Crippen LogP contribution in [-0.4, -0.2) is 48.4 Å². The van der Waals surface area contributed by atoms with E-state index >= 15 is 0 Å². The molecule has 1 rings (SSSR count). The number of hydrogen-bond acceptors (Lipinski definition) is 5. The molecular weight excluding hydrogens is 296 g/mol. The van der Waals surface area contributed by atoms with Crippen LogP contribution in [0.3, 0.4) is 0 Å². The monoisotopic (exact) mass is 324 g/mol. The highest BCUT2D eigenvalue weighted by Gasteiger charge is 2.38. The molecule has 0 aliphatic carbocycles. The van der Waals surface area contributed by atoms with Crippen LogP contribution in [0.2, 0.25) is 18.1 Å². The van der Waals surface area contributed by atoms with Gasteiger partial charge in [-0.25, -0.2) is 0 Å². The van der Waals surface area contributed by atoms with Crippen LogP contribution in [0, 0.1) is 0 Å². The first-order chi connectivity index (χ1) is 8.91. The highest BCUT2D eigenvalue weighted by molar-refractivity contribution is 7.86. The highest BCUT2D eigenvalue weighted by atomic mass is 32.2. The number of ether oxygens (including phenoxy) is 1. The summed E-state index contributed by atoms with van der Waals surface area (Å²) in [5, 5.41) is 0.184. The fourth-order valence-corrected chi connectivity index (χ4v) is 3.44. The van der Waals surface area contributed by atoms with Gasteiger partial charge >= 0.3 is 0 Å². The van der Waals surface area contributed by atoms with E-state index in [1.54, 1.807) is 0 Å². The van der Waals surface area contributed by atoms with Gasteiger partial charge in [-0.1, -0.05) is 20.8 Å². The molecule has 0 bridgehead atoms.